The zero-order valence-electron chi connectivity index (χ0n) is 11.9. The molecule has 0 saturated carbocycles. The van der Waals surface area contributed by atoms with E-state index in [9.17, 15) is 9.59 Å². The van der Waals surface area contributed by atoms with E-state index in [2.05, 4.69) is 5.32 Å². The Morgan fingerprint density at radius 1 is 0.952 bits per heavy atom. The molecule has 0 spiro atoms. The molecule has 2 aromatic carbocycles. The van der Waals surface area contributed by atoms with E-state index in [1.54, 1.807) is 31.2 Å². The zero-order chi connectivity index (χ0) is 15.1. The maximum Gasteiger partial charge on any atom is 0.170 e. The maximum absolute atomic E-state index is 11.9. The van der Waals surface area contributed by atoms with Crippen LogP contribution < -0.4 is 5.32 Å². The molecule has 1 N–H and O–H groups in total. The summed E-state index contributed by atoms with van der Waals surface area (Å²) in [5, 5.41) is 3.11. The highest BCUT2D eigenvalue weighted by atomic mass is 16.1. The van der Waals surface area contributed by atoms with Crippen LogP contribution in [0.3, 0.4) is 0 Å². The number of rotatable bonds is 6. The molecule has 0 heterocycles. The maximum atomic E-state index is 11.9. The van der Waals surface area contributed by atoms with E-state index >= 15 is 0 Å². The van der Waals surface area contributed by atoms with Crippen molar-refractivity contribution < 1.29 is 9.59 Å². The highest BCUT2D eigenvalue weighted by Gasteiger charge is 2.09. The van der Waals surface area contributed by atoms with Gasteiger partial charge in [0.1, 0.15) is 0 Å². The van der Waals surface area contributed by atoms with E-state index in [0.717, 1.165) is 5.69 Å². The summed E-state index contributed by atoms with van der Waals surface area (Å²) in [7, 11) is 0. The van der Waals surface area contributed by atoms with Crippen LogP contribution in [0.15, 0.2) is 72.4 Å². The fourth-order valence-electron chi connectivity index (χ4n) is 1.96. The molecule has 0 saturated heterocycles. The van der Waals surface area contributed by atoms with Crippen molar-refractivity contribution in [2.24, 2.45) is 0 Å². The molecule has 0 fully saturated rings. The standard InChI is InChI=1S/C18H17NO2/c1-14(19-16-10-6-3-7-11-16)12-17(20)13-18(21)15-8-4-2-5-9-15/h2-12,19H,13H2,1H3/b14-12-. The number of para-hydroxylation sites is 1. The number of hydrogen-bond acceptors (Lipinski definition) is 3. The SMILES string of the molecule is C/C(=C/C(=O)CC(=O)c1ccccc1)Nc1ccccc1. The van der Waals surface area contributed by atoms with E-state index in [4.69, 9.17) is 0 Å². The van der Waals surface area contributed by atoms with Crippen molar-refractivity contribution in [3.05, 3.63) is 78.0 Å². The fourth-order valence-corrected chi connectivity index (χ4v) is 1.96. The van der Waals surface area contributed by atoms with Gasteiger partial charge in [0.25, 0.3) is 0 Å². The van der Waals surface area contributed by atoms with Crippen LogP contribution in [0, 0.1) is 0 Å². The number of hydrogen-bond donors (Lipinski definition) is 1. The Morgan fingerprint density at radius 3 is 2.14 bits per heavy atom. The number of benzene rings is 2. The van der Waals surface area contributed by atoms with Crippen LogP contribution in [0.5, 0.6) is 0 Å². The third kappa shape index (κ3) is 4.73. The van der Waals surface area contributed by atoms with Crippen LogP contribution >= 0.6 is 0 Å². The van der Waals surface area contributed by atoms with Gasteiger partial charge in [0.2, 0.25) is 0 Å². The molecule has 0 unspecified atom stereocenters. The van der Waals surface area contributed by atoms with E-state index in [1.807, 2.05) is 36.4 Å². The van der Waals surface area contributed by atoms with Gasteiger partial charge in [-0.2, -0.15) is 0 Å². The first-order valence-electron chi connectivity index (χ1n) is 6.76. The summed E-state index contributed by atoms with van der Waals surface area (Å²) in [4.78, 5) is 23.8. The van der Waals surface area contributed by atoms with E-state index in [-0.39, 0.29) is 18.0 Å². The lowest BCUT2D eigenvalue weighted by molar-refractivity contribution is -0.113. The summed E-state index contributed by atoms with van der Waals surface area (Å²) in [5.41, 5.74) is 2.19. The van der Waals surface area contributed by atoms with E-state index in [0.29, 0.717) is 11.3 Å². The Morgan fingerprint density at radius 2 is 1.52 bits per heavy atom. The van der Waals surface area contributed by atoms with Crippen molar-refractivity contribution in [1.82, 2.24) is 0 Å². The number of allylic oxidation sites excluding steroid dienone is 2. The largest absolute Gasteiger partial charge is 0.359 e. The Bertz CT molecular complexity index is 645. The summed E-state index contributed by atoms with van der Waals surface area (Å²) >= 11 is 0. The molecule has 0 aliphatic rings. The van der Waals surface area contributed by atoms with Gasteiger partial charge in [-0.3, -0.25) is 9.59 Å². The smallest absolute Gasteiger partial charge is 0.170 e. The Hall–Kier alpha value is -2.68. The van der Waals surface area contributed by atoms with Crippen molar-refractivity contribution in [3.63, 3.8) is 0 Å². The summed E-state index contributed by atoms with van der Waals surface area (Å²) in [6.07, 6.45) is 1.35. The summed E-state index contributed by atoms with van der Waals surface area (Å²) in [6, 6.07) is 18.4. The molecule has 106 valence electrons. The van der Waals surface area contributed by atoms with Crippen LogP contribution in [0.2, 0.25) is 0 Å². The number of Topliss-reactive ketones (excluding diaryl/α,β-unsaturated/α-hetero) is 1. The number of anilines is 1. The number of ketones is 2. The molecule has 0 radical (unpaired) electrons. The first-order chi connectivity index (χ1) is 10.1. The monoisotopic (exact) mass is 279 g/mol. The molecule has 2 aromatic rings. The molecular weight excluding hydrogens is 262 g/mol. The van der Waals surface area contributed by atoms with Gasteiger partial charge in [-0.25, -0.2) is 0 Å². The molecule has 21 heavy (non-hydrogen) atoms. The first-order valence-corrected chi connectivity index (χ1v) is 6.76. The average Bonchev–Trinajstić information content (AvgIpc) is 2.48. The van der Waals surface area contributed by atoms with Crippen LogP contribution in [0.4, 0.5) is 5.69 Å². The molecule has 0 bridgehead atoms. The van der Waals surface area contributed by atoms with Gasteiger partial charge < -0.3 is 5.32 Å². The fraction of sp³-hybridized carbons (Fsp3) is 0.111. The Labute approximate surface area is 124 Å². The lowest BCUT2D eigenvalue weighted by atomic mass is 10.1. The van der Waals surface area contributed by atoms with Crippen LogP contribution in [0.1, 0.15) is 23.7 Å². The third-order valence-electron chi connectivity index (χ3n) is 2.92. The van der Waals surface area contributed by atoms with Crippen molar-refractivity contribution in [2.45, 2.75) is 13.3 Å². The van der Waals surface area contributed by atoms with Crippen molar-refractivity contribution in [3.8, 4) is 0 Å². The van der Waals surface area contributed by atoms with Crippen molar-refractivity contribution >= 4 is 17.3 Å². The van der Waals surface area contributed by atoms with Gasteiger partial charge in [0, 0.05) is 23.0 Å². The number of nitrogens with one attached hydrogen (secondary N) is 1. The van der Waals surface area contributed by atoms with E-state index in [1.165, 1.54) is 6.08 Å². The highest BCUT2D eigenvalue weighted by molar-refractivity contribution is 6.11. The van der Waals surface area contributed by atoms with Crippen molar-refractivity contribution in [2.75, 3.05) is 5.32 Å². The third-order valence-corrected chi connectivity index (χ3v) is 2.92. The predicted octanol–water partition coefficient (Wildman–Crippen LogP) is 3.84. The molecule has 0 aromatic heterocycles. The lowest BCUT2D eigenvalue weighted by Gasteiger charge is -2.05. The molecule has 0 atom stereocenters. The minimum Gasteiger partial charge on any atom is -0.359 e. The molecule has 0 amide bonds. The minimum absolute atomic E-state index is 0.113. The normalized spacial score (nSPS) is 11.0. The molecule has 0 aliphatic carbocycles. The molecule has 3 heteroatoms. The van der Waals surface area contributed by atoms with Crippen LogP contribution in [-0.2, 0) is 4.79 Å². The molecular formula is C18H17NO2. The van der Waals surface area contributed by atoms with Crippen LogP contribution in [-0.4, -0.2) is 11.6 Å². The summed E-state index contributed by atoms with van der Waals surface area (Å²) in [6.45, 7) is 1.80. The van der Waals surface area contributed by atoms with Gasteiger partial charge >= 0.3 is 0 Å². The zero-order valence-corrected chi connectivity index (χ0v) is 11.9. The Kier molecular flexibility index (Phi) is 5.04. The van der Waals surface area contributed by atoms with Crippen LogP contribution in [0.25, 0.3) is 0 Å². The van der Waals surface area contributed by atoms with Gasteiger partial charge in [-0.1, -0.05) is 48.5 Å². The molecule has 2 rings (SSSR count). The van der Waals surface area contributed by atoms with Crippen molar-refractivity contribution in [1.29, 1.82) is 0 Å². The number of carbonyl (C=O) groups is 2. The summed E-state index contributed by atoms with van der Waals surface area (Å²) in [5.74, 6) is -0.367. The second kappa shape index (κ2) is 7.20. The van der Waals surface area contributed by atoms with E-state index < -0.39 is 0 Å². The Balaban J connectivity index is 1.94. The average molecular weight is 279 g/mol. The van der Waals surface area contributed by atoms with Gasteiger partial charge in [0.05, 0.1) is 6.42 Å². The molecule has 0 aliphatic heterocycles. The first kappa shape index (κ1) is 14.7. The minimum atomic E-state index is -0.204. The summed E-state index contributed by atoms with van der Waals surface area (Å²) < 4.78 is 0. The predicted molar refractivity (Wildman–Crippen MR) is 84.2 cm³/mol. The van der Waals surface area contributed by atoms with Gasteiger partial charge in [-0.05, 0) is 19.1 Å². The molecule has 3 nitrogen and oxygen atoms in total. The quantitative estimate of drug-likeness (QED) is 0.496. The number of carbonyl (C=O) groups excluding carboxylic acids is 2. The lowest BCUT2D eigenvalue weighted by Crippen LogP contribution is -2.07. The topological polar surface area (TPSA) is 46.2 Å². The second-order valence-corrected chi connectivity index (χ2v) is 4.75. The highest BCUT2D eigenvalue weighted by Crippen LogP contribution is 2.09. The second-order valence-electron chi connectivity index (χ2n) is 4.75. The van der Waals surface area contributed by atoms with Gasteiger partial charge in [0.15, 0.2) is 11.6 Å². The van der Waals surface area contributed by atoms with Gasteiger partial charge in [-0.15, -0.1) is 0 Å².